The Kier molecular flexibility index (Phi) is 7.48. The van der Waals surface area contributed by atoms with Gasteiger partial charge in [0.1, 0.15) is 6.54 Å². The number of anilines is 1. The van der Waals surface area contributed by atoms with Crippen LogP contribution in [0.25, 0.3) is 0 Å². The molecule has 3 N–H and O–H groups in total. The number of nitrogens with zero attached hydrogens (tertiary/aromatic N) is 3. The Bertz CT molecular complexity index is 1050. The Morgan fingerprint density at radius 3 is 2.38 bits per heavy atom. The van der Waals surface area contributed by atoms with E-state index >= 15 is 0 Å². The van der Waals surface area contributed by atoms with Gasteiger partial charge >= 0.3 is 6.18 Å². The van der Waals surface area contributed by atoms with Crippen LogP contribution in [0.15, 0.2) is 72.0 Å². The van der Waals surface area contributed by atoms with E-state index < -0.39 is 11.7 Å². The van der Waals surface area contributed by atoms with Crippen LogP contribution in [0.3, 0.4) is 0 Å². The molecule has 7 nitrogen and oxygen atoms in total. The highest BCUT2D eigenvalue weighted by atomic mass is 19.4. The number of amides is 1. The fourth-order valence-electron chi connectivity index (χ4n) is 2.90. The van der Waals surface area contributed by atoms with Crippen molar-refractivity contribution in [3.63, 3.8) is 0 Å². The molecule has 0 spiro atoms. The fourth-order valence-corrected chi connectivity index (χ4v) is 2.90. The number of aromatic nitrogens is 2. The van der Waals surface area contributed by atoms with Crippen molar-refractivity contribution in [3.05, 3.63) is 83.7 Å². The summed E-state index contributed by atoms with van der Waals surface area (Å²) in [5.41, 5.74) is 1.59. The second-order valence-corrected chi connectivity index (χ2v) is 6.93. The molecule has 10 heteroatoms. The van der Waals surface area contributed by atoms with E-state index in [-0.39, 0.29) is 12.5 Å². The first-order valence-corrected chi connectivity index (χ1v) is 9.80. The van der Waals surface area contributed by atoms with Gasteiger partial charge in [0.25, 0.3) is 0 Å². The summed E-state index contributed by atoms with van der Waals surface area (Å²) in [6.45, 7) is 0.882. The van der Waals surface area contributed by atoms with E-state index in [0.29, 0.717) is 30.3 Å². The SMILES string of the molecule is CN=C(NCc1ccc(C(F)(F)F)cc1)NCc1cccc(NC(=O)Cn2cccn2)c1. The van der Waals surface area contributed by atoms with Crippen LogP contribution in [0, 0.1) is 0 Å². The average molecular weight is 444 g/mol. The van der Waals surface area contributed by atoms with Crippen molar-refractivity contribution in [2.45, 2.75) is 25.8 Å². The number of guanidine groups is 1. The number of carbonyl (C=O) groups excluding carboxylic acids is 1. The van der Waals surface area contributed by atoms with Crippen molar-refractivity contribution >= 4 is 17.6 Å². The van der Waals surface area contributed by atoms with Crippen molar-refractivity contribution in [2.75, 3.05) is 12.4 Å². The zero-order valence-electron chi connectivity index (χ0n) is 17.4. The molecule has 0 radical (unpaired) electrons. The maximum atomic E-state index is 12.7. The molecule has 1 heterocycles. The summed E-state index contributed by atoms with van der Waals surface area (Å²) < 4.78 is 39.5. The molecule has 0 saturated heterocycles. The average Bonchev–Trinajstić information content (AvgIpc) is 3.26. The Hall–Kier alpha value is -3.82. The van der Waals surface area contributed by atoms with Crippen molar-refractivity contribution in [3.8, 4) is 0 Å². The highest BCUT2D eigenvalue weighted by molar-refractivity contribution is 5.90. The van der Waals surface area contributed by atoms with Gasteiger partial charge in [-0.05, 0) is 41.5 Å². The minimum Gasteiger partial charge on any atom is -0.352 e. The molecule has 0 aliphatic heterocycles. The molecule has 2 aromatic carbocycles. The number of hydrogen-bond donors (Lipinski definition) is 3. The van der Waals surface area contributed by atoms with E-state index in [2.05, 4.69) is 26.0 Å². The Morgan fingerprint density at radius 1 is 1.03 bits per heavy atom. The molecule has 1 aromatic heterocycles. The van der Waals surface area contributed by atoms with Crippen LogP contribution in [0.1, 0.15) is 16.7 Å². The summed E-state index contributed by atoms with van der Waals surface area (Å²) in [5.74, 6) is 0.311. The minimum absolute atomic E-state index is 0.121. The monoisotopic (exact) mass is 444 g/mol. The smallest absolute Gasteiger partial charge is 0.352 e. The molecule has 0 aliphatic carbocycles. The predicted molar refractivity (Wildman–Crippen MR) is 116 cm³/mol. The molecule has 3 aromatic rings. The number of alkyl halides is 3. The van der Waals surface area contributed by atoms with E-state index in [1.165, 1.54) is 16.8 Å². The number of carbonyl (C=O) groups is 1. The van der Waals surface area contributed by atoms with Gasteiger partial charge in [-0.2, -0.15) is 18.3 Å². The lowest BCUT2D eigenvalue weighted by Gasteiger charge is -2.13. The van der Waals surface area contributed by atoms with Gasteiger partial charge in [-0.15, -0.1) is 0 Å². The first-order valence-electron chi connectivity index (χ1n) is 9.80. The summed E-state index contributed by atoms with van der Waals surface area (Å²) in [4.78, 5) is 16.2. The van der Waals surface area contributed by atoms with Crippen LogP contribution in [0.4, 0.5) is 18.9 Å². The molecule has 0 unspecified atom stereocenters. The van der Waals surface area contributed by atoms with Gasteiger partial charge in [-0.3, -0.25) is 14.5 Å². The lowest BCUT2D eigenvalue weighted by Crippen LogP contribution is -2.36. The van der Waals surface area contributed by atoms with Crippen LogP contribution < -0.4 is 16.0 Å². The molecule has 1 amide bonds. The Balaban J connectivity index is 1.49. The van der Waals surface area contributed by atoms with Gasteiger partial charge in [0.15, 0.2) is 5.96 Å². The molecular weight excluding hydrogens is 421 g/mol. The van der Waals surface area contributed by atoms with Gasteiger partial charge in [0.2, 0.25) is 5.91 Å². The minimum atomic E-state index is -4.35. The molecule has 3 rings (SSSR count). The van der Waals surface area contributed by atoms with Gasteiger partial charge in [-0.25, -0.2) is 0 Å². The third-order valence-corrected chi connectivity index (χ3v) is 4.50. The van der Waals surface area contributed by atoms with E-state index in [4.69, 9.17) is 0 Å². The first-order chi connectivity index (χ1) is 15.3. The van der Waals surface area contributed by atoms with Crippen LogP contribution in [0.5, 0.6) is 0 Å². The zero-order chi connectivity index (χ0) is 23.0. The number of aliphatic imine (C=N–C) groups is 1. The van der Waals surface area contributed by atoms with Crippen LogP contribution in [-0.2, 0) is 30.6 Å². The zero-order valence-corrected chi connectivity index (χ0v) is 17.4. The van der Waals surface area contributed by atoms with E-state index in [0.717, 1.165) is 17.7 Å². The molecule has 0 aliphatic rings. The summed E-state index contributed by atoms with van der Waals surface area (Å²) in [5, 5.41) is 13.0. The molecular formula is C22H23F3N6O. The number of rotatable bonds is 7. The molecule has 168 valence electrons. The highest BCUT2D eigenvalue weighted by Gasteiger charge is 2.29. The van der Waals surface area contributed by atoms with Crippen LogP contribution >= 0.6 is 0 Å². The predicted octanol–water partition coefficient (Wildman–Crippen LogP) is 3.41. The van der Waals surface area contributed by atoms with Crippen LogP contribution in [-0.4, -0.2) is 28.7 Å². The lowest BCUT2D eigenvalue weighted by atomic mass is 10.1. The Labute approximate surface area is 183 Å². The van der Waals surface area contributed by atoms with Crippen molar-refractivity contribution in [1.29, 1.82) is 0 Å². The number of hydrogen-bond acceptors (Lipinski definition) is 3. The normalized spacial score (nSPS) is 11.8. The Morgan fingerprint density at radius 2 is 1.75 bits per heavy atom. The van der Waals surface area contributed by atoms with E-state index in [1.54, 1.807) is 31.6 Å². The topological polar surface area (TPSA) is 83.3 Å². The largest absolute Gasteiger partial charge is 0.416 e. The maximum Gasteiger partial charge on any atom is 0.416 e. The highest BCUT2D eigenvalue weighted by Crippen LogP contribution is 2.29. The maximum absolute atomic E-state index is 12.7. The van der Waals surface area contributed by atoms with E-state index in [1.807, 2.05) is 18.2 Å². The van der Waals surface area contributed by atoms with Gasteiger partial charge < -0.3 is 16.0 Å². The van der Waals surface area contributed by atoms with Gasteiger partial charge in [0, 0.05) is 38.2 Å². The molecule has 32 heavy (non-hydrogen) atoms. The molecule has 0 saturated carbocycles. The summed E-state index contributed by atoms with van der Waals surface area (Å²) in [6, 6.07) is 14.1. The van der Waals surface area contributed by atoms with E-state index in [9.17, 15) is 18.0 Å². The second-order valence-electron chi connectivity index (χ2n) is 6.93. The molecule has 0 atom stereocenters. The van der Waals surface area contributed by atoms with Crippen molar-refractivity contribution < 1.29 is 18.0 Å². The second kappa shape index (κ2) is 10.5. The first kappa shape index (κ1) is 22.9. The number of benzene rings is 2. The summed E-state index contributed by atoms with van der Waals surface area (Å²) >= 11 is 0. The molecule has 0 fully saturated rings. The van der Waals surface area contributed by atoms with Crippen LogP contribution in [0.2, 0.25) is 0 Å². The third kappa shape index (κ3) is 6.86. The summed E-state index contributed by atoms with van der Waals surface area (Å²) in [7, 11) is 1.61. The number of halogens is 3. The quantitative estimate of drug-likeness (QED) is 0.385. The van der Waals surface area contributed by atoms with Gasteiger partial charge in [0.05, 0.1) is 5.56 Å². The lowest BCUT2D eigenvalue weighted by molar-refractivity contribution is -0.137. The summed E-state index contributed by atoms with van der Waals surface area (Å²) in [6.07, 6.45) is -1.03. The standard InChI is InChI=1S/C22H23F3N6O/c1-26-21(27-13-16-6-8-18(9-7-16)22(23,24)25)28-14-17-4-2-5-19(12-17)30-20(32)15-31-11-3-10-29-31/h2-12H,13-15H2,1H3,(H,30,32)(H2,26,27,28). The fraction of sp³-hybridized carbons (Fsp3) is 0.227. The van der Waals surface area contributed by atoms with Crippen molar-refractivity contribution in [1.82, 2.24) is 20.4 Å². The van der Waals surface area contributed by atoms with Gasteiger partial charge in [-0.1, -0.05) is 24.3 Å². The van der Waals surface area contributed by atoms with Crippen molar-refractivity contribution in [2.24, 2.45) is 4.99 Å². The number of nitrogens with one attached hydrogen (secondary N) is 3. The molecule has 0 bridgehead atoms. The third-order valence-electron chi connectivity index (χ3n) is 4.50.